The number of amides is 1. The molecule has 2 unspecified atom stereocenters. The molecule has 7 heteroatoms. The van der Waals surface area contributed by atoms with Gasteiger partial charge in [-0.2, -0.15) is 5.26 Å². The van der Waals surface area contributed by atoms with E-state index in [9.17, 15) is 20.2 Å². The SMILES string of the molecule is CC1(C)CC2CC(C)(CN2/C=C(/C#N)C(=O)Nc2ccc([N+](=O)[O-])cc2)C1. The minimum atomic E-state index is -0.503. The number of nitro groups is 1. The van der Waals surface area contributed by atoms with Gasteiger partial charge >= 0.3 is 0 Å². The Morgan fingerprint density at radius 3 is 2.59 bits per heavy atom. The van der Waals surface area contributed by atoms with Gasteiger partial charge in [-0.3, -0.25) is 14.9 Å². The predicted octanol–water partition coefficient (Wildman–Crippen LogP) is 3.84. The molecule has 2 fully saturated rings. The number of carbonyl (C=O) groups excluding carboxylic acids is 1. The van der Waals surface area contributed by atoms with E-state index < -0.39 is 10.8 Å². The van der Waals surface area contributed by atoms with Gasteiger partial charge in [0.15, 0.2) is 0 Å². The van der Waals surface area contributed by atoms with Crippen LogP contribution in [0.3, 0.4) is 0 Å². The van der Waals surface area contributed by atoms with Crippen LogP contribution in [0.4, 0.5) is 11.4 Å². The monoisotopic (exact) mass is 368 g/mol. The van der Waals surface area contributed by atoms with Gasteiger partial charge in [-0.25, -0.2) is 0 Å². The average Bonchev–Trinajstić information content (AvgIpc) is 2.81. The van der Waals surface area contributed by atoms with Crippen LogP contribution in [-0.2, 0) is 4.79 Å². The molecule has 1 aromatic rings. The molecule has 27 heavy (non-hydrogen) atoms. The molecule has 0 aromatic heterocycles. The van der Waals surface area contributed by atoms with Crippen LogP contribution >= 0.6 is 0 Å². The fourth-order valence-corrected chi connectivity index (χ4v) is 4.82. The zero-order valence-corrected chi connectivity index (χ0v) is 15.9. The largest absolute Gasteiger partial charge is 0.373 e. The highest BCUT2D eigenvalue weighted by Crippen LogP contribution is 2.52. The van der Waals surface area contributed by atoms with Gasteiger partial charge in [0.05, 0.1) is 4.92 Å². The van der Waals surface area contributed by atoms with Crippen LogP contribution in [0.2, 0.25) is 0 Å². The van der Waals surface area contributed by atoms with Crippen LogP contribution in [0, 0.1) is 32.3 Å². The van der Waals surface area contributed by atoms with Crippen LogP contribution in [0.1, 0.15) is 40.0 Å². The van der Waals surface area contributed by atoms with E-state index in [-0.39, 0.29) is 22.1 Å². The van der Waals surface area contributed by atoms with Gasteiger partial charge in [-0.1, -0.05) is 20.8 Å². The van der Waals surface area contributed by atoms with Crippen molar-refractivity contribution in [2.75, 3.05) is 11.9 Å². The molecule has 0 spiro atoms. The molecule has 3 rings (SSSR count). The van der Waals surface area contributed by atoms with E-state index in [1.54, 1.807) is 6.20 Å². The second-order valence-corrected chi connectivity index (χ2v) is 8.80. The molecule has 1 aliphatic carbocycles. The van der Waals surface area contributed by atoms with Crippen molar-refractivity contribution in [2.45, 2.75) is 46.1 Å². The number of non-ortho nitro benzene ring substituents is 1. The summed E-state index contributed by atoms with van der Waals surface area (Å²) < 4.78 is 0. The summed E-state index contributed by atoms with van der Waals surface area (Å²) in [7, 11) is 0. The number of nitrogens with zero attached hydrogens (tertiary/aromatic N) is 3. The highest BCUT2D eigenvalue weighted by atomic mass is 16.6. The third-order valence-corrected chi connectivity index (χ3v) is 5.45. The molecule has 1 saturated carbocycles. The number of nitriles is 1. The number of likely N-dealkylation sites (tertiary alicyclic amines) is 1. The summed E-state index contributed by atoms with van der Waals surface area (Å²) >= 11 is 0. The number of rotatable bonds is 4. The van der Waals surface area contributed by atoms with Gasteiger partial charge in [0.2, 0.25) is 0 Å². The first-order valence-electron chi connectivity index (χ1n) is 9.04. The third kappa shape index (κ3) is 4.11. The normalized spacial score (nSPS) is 26.4. The van der Waals surface area contributed by atoms with Gasteiger partial charge in [0.1, 0.15) is 11.6 Å². The molecule has 2 bridgehead atoms. The first-order chi connectivity index (χ1) is 12.6. The van der Waals surface area contributed by atoms with E-state index in [4.69, 9.17) is 0 Å². The lowest BCUT2D eigenvalue weighted by Crippen LogP contribution is -2.33. The van der Waals surface area contributed by atoms with Gasteiger partial charge in [-0.15, -0.1) is 0 Å². The minimum Gasteiger partial charge on any atom is -0.373 e. The summed E-state index contributed by atoms with van der Waals surface area (Å²) in [6.07, 6.45) is 4.94. The number of hydrogen-bond donors (Lipinski definition) is 1. The first-order valence-corrected chi connectivity index (χ1v) is 9.04. The molecule has 142 valence electrons. The van der Waals surface area contributed by atoms with Crippen LogP contribution in [0.15, 0.2) is 36.0 Å². The summed E-state index contributed by atoms with van der Waals surface area (Å²) in [6.45, 7) is 7.67. The number of carbonyl (C=O) groups is 1. The van der Waals surface area contributed by atoms with E-state index in [0.29, 0.717) is 11.7 Å². The molecule has 7 nitrogen and oxygen atoms in total. The predicted molar refractivity (Wildman–Crippen MR) is 102 cm³/mol. The number of fused-ring (bicyclic) bond motifs is 2. The Bertz CT molecular complexity index is 838. The summed E-state index contributed by atoms with van der Waals surface area (Å²) in [5, 5.41) is 22.8. The number of hydrogen-bond acceptors (Lipinski definition) is 5. The molecular formula is C20H24N4O3. The molecular weight excluding hydrogens is 344 g/mol. The summed E-state index contributed by atoms with van der Waals surface area (Å²) in [5.74, 6) is -0.503. The molecule has 1 aliphatic heterocycles. The fourth-order valence-electron chi connectivity index (χ4n) is 4.82. The zero-order valence-electron chi connectivity index (χ0n) is 15.9. The zero-order chi connectivity index (χ0) is 19.8. The molecule has 1 saturated heterocycles. The third-order valence-electron chi connectivity index (χ3n) is 5.45. The molecule has 1 amide bonds. The maximum Gasteiger partial charge on any atom is 0.269 e. The Balaban J connectivity index is 1.74. The topological polar surface area (TPSA) is 99.3 Å². The summed E-state index contributed by atoms with van der Waals surface area (Å²) in [6, 6.07) is 7.88. The lowest BCUT2D eigenvalue weighted by Gasteiger charge is -2.39. The molecule has 1 N–H and O–H groups in total. The Hall–Kier alpha value is -2.88. The maximum absolute atomic E-state index is 12.5. The Labute approximate surface area is 158 Å². The number of benzene rings is 1. The Morgan fingerprint density at radius 2 is 2.00 bits per heavy atom. The first kappa shape index (κ1) is 18.9. The fraction of sp³-hybridized carbons (Fsp3) is 0.500. The lowest BCUT2D eigenvalue weighted by molar-refractivity contribution is -0.384. The smallest absolute Gasteiger partial charge is 0.269 e. The highest BCUT2D eigenvalue weighted by Gasteiger charge is 2.48. The van der Waals surface area contributed by atoms with E-state index in [2.05, 4.69) is 31.0 Å². The van der Waals surface area contributed by atoms with Gasteiger partial charge in [-0.05, 0) is 42.2 Å². The van der Waals surface area contributed by atoms with Crippen molar-refractivity contribution < 1.29 is 9.72 Å². The lowest BCUT2D eigenvalue weighted by atomic mass is 9.65. The Kier molecular flexibility index (Phi) is 4.68. The van der Waals surface area contributed by atoms with Crippen molar-refractivity contribution in [1.29, 1.82) is 5.26 Å². The van der Waals surface area contributed by atoms with Crippen molar-refractivity contribution in [3.05, 3.63) is 46.2 Å². The summed E-state index contributed by atoms with van der Waals surface area (Å²) in [5.41, 5.74) is 0.874. The average molecular weight is 368 g/mol. The second kappa shape index (κ2) is 6.69. The quantitative estimate of drug-likeness (QED) is 0.377. The van der Waals surface area contributed by atoms with Crippen LogP contribution in [-0.4, -0.2) is 28.3 Å². The van der Waals surface area contributed by atoms with Gasteiger partial charge in [0.25, 0.3) is 11.6 Å². The van der Waals surface area contributed by atoms with Crippen LogP contribution in [0.25, 0.3) is 0 Å². The van der Waals surface area contributed by atoms with Crippen molar-refractivity contribution >= 4 is 17.3 Å². The van der Waals surface area contributed by atoms with E-state index in [1.165, 1.54) is 24.3 Å². The van der Waals surface area contributed by atoms with Crippen molar-refractivity contribution in [3.63, 3.8) is 0 Å². The maximum atomic E-state index is 12.5. The number of nitro benzene ring substituents is 1. The van der Waals surface area contributed by atoms with Gasteiger partial charge in [0, 0.05) is 36.6 Å². The molecule has 2 atom stereocenters. The molecule has 1 heterocycles. The van der Waals surface area contributed by atoms with Crippen molar-refractivity contribution in [3.8, 4) is 6.07 Å². The number of anilines is 1. The molecule has 0 radical (unpaired) electrons. The van der Waals surface area contributed by atoms with Crippen molar-refractivity contribution in [2.24, 2.45) is 10.8 Å². The van der Waals surface area contributed by atoms with E-state index in [0.717, 1.165) is 25.8 Å². The highest BCUT2D eigenvalue weighted by molar-refractivity contribution is 6.06. The van der Waals surface area contributed by atoms with E-state index in [1.807, 2.05) is 6.07 Å². The Morgan fingerprint density at radius 1 is 1.33 bits per heavy atom. The standard InChI is InChI=1S/C20H24N4O3/c1-19(2)8-17-9-20(3,12-19)13-23(17)11-14(10-21)18(25)22-15-4-6-16(7-5-15)24(26)27/h4-7,11,17H,8-9,12-13H2,1-3H3,(H,22,25)/b14-11-. The van der Waals surface area contributed by atoms with Gasteiger partial charge < -0.3 is 10.2 Å². The van der Waals surface area contributed by atoms with Crippen molar-refractivity contribution in [1.82, 2.24) is 4.90 Å². The second-order valence-electron chi connectivity index (χ2n) is 8.80. The van der Waals surface area contributed by atoms with Crippen LogP contribution in [0.5, 0.6) is 0 Å². The van der Waals surface area contributed by atoms with Crippen LogP contribution < -0.4 is 5.32 Å². The number of nitrogens with one attached hydrogen (secondary N) is 1. The van der Waals surface area contributed by atoms with E-state index >= 15 is 0 Å². The summed E-state index contributed by atoms with van der Waals surface area (Å²) in [4.78, 5) is 24.8. The molecule has 2 aliphatic rings. The minimum absolute atomic E-state index is 0.0438. The molecule has 1 aromatic carbocycles.